The summed E-state index contributed by atoms with van der Waals surface area (Å²) in [7, 11) is 0. The molecule has 24 heavy (non-hydrogen) atoms. The summed E-state index contributed by atoms with van der Waals surface area (Å²) in [5, 5.41) is 0. The Morgan fingerprint density at radius 3 is 2.62 bits per heavy atom. The molecule has 0 fully saturated rings. The predicted octanol–water partition coefficient (Wildman–Crippen LogP) is 5.78. The number of benzene rings is 2. The lowest BCUT2D eigenvalue weighted by atomic mass is 10.1. The monoisotopic (exact) mass is 387 g/mol. The summed E-state index contributed by atoms with van der Waals surface area (Å²) in [4.78, 5) is 4.59. The molecule has 0 heterocycles. The van der Waals surface area contributed by atoms with Gasteiger partial charge in [0.2, 0.25) is 0 Å². The summed E-state index contributed by atoms with van der Waals surface area (Å²) < 4.78 is 12.2. The van der Waals surface area contributed by atoms with Crippen LogP contribution in [0.1, 0.15) is 23.6 Å². The van der Waals surface area contributed by atoms with E-state index >= 15 is 0 Å². The average molecular weight is 388 g/mol. The quantitative estimate of drug-likeness (QED) is 0.445. The Morgan fingerprint density at radius 1 is 1.17 bits per heavy atom. The molecule has 0 amide bonds. The first-order chi connectivity index (χ1) is 11.5. The molecule has 0 saturated heterocycles. The van der Waals surface area contributed by atoms with E-state index in [9.17, 15) is 0 Å². The lowest BCUT2D eigenvalue weighted by Gasteiger charge is -2.13. The van der Waals surface area contributed by atoms with Crippen molar-refractivity contribution < 1.29 is 9.47 Å². The fraction of sp³-hybridized carbons (Fsp3) is 0.250. The fourth-order valence-electron chi connectivity index (χ4n) is 2.30. The molecule has 2 rings (SSSR count). The Kier molecular flexibility index (Phi) is 6.62. The molecule has 2 aromatic rings. The molecule has 126 valence electrons. The summed E-state index contributed by atoms with van der Waals surface area (Å²) in [6, 6.07) is 10.1. The Balaban J connectivity index is 2.33. The van der Waals surface area contributed by atoms with Crippen LogP contribution in [-0.4, -0.2) is 19.4 Å². The number of hydrogen-bond donors (Lipinski definition) is 0. The van der Waals surface area contributed by atoms with Gasteiger partial charge in [-0.1, -0.05) is 30.4 Å². The highest BCUT2D eigenvalue weighted by Crippen LogP contribution is 2.36. The molecule has 0 aliphatic carbocycles. The molecule has 0 N–H and O–H groups in total. The zero-order valence-corrected chi connectivity index (χ0v) is 15.9. The van der Waals surface area contributed by atoms with E-state index in [2.05, 4.69) is 53.5 Å². The molecule has 0 saturated carbocycles. The maximum Gasteiger partial charge on any atom is 0.175 e. The highest BCUT2D eigenvalue weighted by molar-refractivity contribution is 9.10. The molecular formula is C20H22BrNO2. The summed E-state index contributed by atoms with van der Waals surface area (Å²) >= 11 is 3.55. The first-order valence-electron chi connectivity index (χ1n) is 7.86. The van der Waals surface area contributed by atoms with Crippen LogP contribution in [0.25, 0.3) is 0 Å². The van der Waals surface area contributed by atoms with Gasteiger partial charge in [-0.3, -0.25) is 4.99 Å². The molecule has 3 nitrogen and oxygen atoms in total. The minimum atomic E-state index is 0.425. The highest BCUT2D eigenvalue weighted by atomic mass is 79.9. The van der Waals surface area contributed by atoms with Gasteiger partial charge < -0.3 is 9.47 Å². The van der Waals surface area contributed by atoms with Gasteiger partial charge in [0.25, 0.3) is 0 Å². The highest BCUT2D eigenvalue weighted by Gasteiger charge is 2.11. The number of ether oxygens (including phenoxy) is 2. The Labute approximate surface area is 152 Å². The van der Waals surface area contributed by atoms with Gasteiger partial charge in [0.1, 0.15) is 6.61 Å². The molecule has 0 spiro atoms. The van der Waals surface area contributed by atoms with E-state index < -0.39 is 0 Å². The van der Waals surface area contributed by atoms with Crippen molar-refractivity contribution in [2.75, 3.05) is 13.2 Å². The van der Waals surface area contributed by atoms with E-state index in [1.165, 1.54) is 5.56 Å². The van der Waals surface area contributed by atoms with Crippen LogP contribution in [0.2, 0.25) is 0 Å². The fourth-order valence-corrected chi connectivity index (χ4v) is 2.88. The van der Waals surface area contributed by atoms with Gasteiger partial charge in [-0.05, 0) is 66.0 Å². The van der Waals surface area contributed by atoms with Crippen molar-refractivity contribution in [2.45, 2.75) is 20.8 Å². The molecule has 2 aromatic carbocycles. The number of rotatable bonds is 7. The van der Waals surface area contributed by atoms with Crippen molar-refractivity contribution in [3.05, 3.63) is 64.1 Å². The predicted molar refractivity (Wildman–Crippen MR) is 104 cm³/mol. The molecule has 0 unspecified atom stereocenters. The standard InChI is InChI=1S/C20H22BrNO2/c1-5-9-24-20-17(21)11-16(12-19(20)23-6-2)13-22-18-8-7-14(3)10-15(18)4/h5,7-8,10-13H,1,6,9H2,2-4H3. The Morgan fingerprint density at radius 2 is 1.96 bits per heavy atom. The third kappa shape index (κ3) is 4.71. The molecule has 0 aromatic heterocycles. The zero-order chi connectivity index (χ0) is 17.5. The van der Waals surface area contributed by atoms with Crippen LogP contribution in [0.3, 0.4) is 0 Å². The lowest BCUT2D eigenvalue weighted by Crippen LogP contribution is -2.00. The van der Waals surface area contributed by atoms with Crippen LogP contribution >= 0.6 is 15.9 Å². The number of aliphatic imine (C=N–C) groups is 1. The summed E-state index contributed by atoms with van der Waals surface area (Å²) in [5.41, 5.74) is 4.29. The third-order valence-electron chi connectivity index (χ3n) is 3.38. The largest absolute Gasteiger partial charge is 0.490 e. The number of halogens is 1. The van der Waals surface area contributed by atoms with Crippen molar-refractivity contribution in [1.29, 1.82) is 0 Å². The van der Waals surface area contributed by atoms with E-state index in [0.29, 0.717) is 24.7 Å². The third-order valence-corrected chi connectivity index (χ3v) is 3.97. The van der Waals surface area contributed by atoms with Crippen molar-refractivity contribution in [1.82, 2.24) is 0 Å². The molecule has 0 atom stereocenters. The number of hydrogen-bond acceptors (Lipinski definition) is 3. The van der Waals surface area contributed by atoms with Crippen LogP contribution in [0, 0.1) is 13.8 Å². The molecule has 0 aliphatic rings. The van der Waals surface area contributed by atoms with Crippen LogP contribution < -0.4 is 9.47 Å². The summed E-state index contributed by atoms with van der Waals surface area (Å²) in [5.74, 6) is 1.37. The second kappa shape index (κ2) is 8.69. The van der Waals surface area contributed by atoms with Gasteiger partial charge in [-0.25, -0.2) is 0 Å². The SMILES string of the molecule is C=CCOc1c(Br)cc(C=Nc2ccc(C)cc2C)cc1OCC. The Bertz CT molecular complexity index is 754. The zero-order valence-electron chi connectivity index (χ0n) is 14.3. The van der Waals surface area contributed by atoms with Crippen molar-refractivity contribution in [2.24, 2.45) is 4.99 Å². The van der Waals surface area contributed by atoms with Crippen LogP contribution in [0.15, 0.2) is 52.5 Å². The van der Waals surface area contributed by atoms with Gasteiger partial charge in [-0.15, -0.1) is 0 Å². The summed E-state index contributed by atoms with van der Waals surface area (Å²) in [6.07, 6.45) is 3.54. The van der Waals surface area contributed by atoms with Gasteiger partial charge in [0, 0.05) is 6.21 Å². The van der Waals surface area contributed by atoms with Crippen molar-refractivity contribution in [3.63, 3.8) is 0 Å². The van der Waals surface area contributed by atoms with Gasteiger partial charge in [-0.2, -0.15) is 0 Å². The minimum Gasteiger partial charge on any atom is -0.490 e. The lowest BCUT2D eigenvalue weighted by molar-refractivity contribution is 0.295. The number of nitrogens with zero attached hydrogens (tertiary/aromatic N) is 1. The maximum absolute atomic E-state index is 5.70. The normalized spacial score (nSPS) is 10.8. The first-order valence-corrected chi connectivity index (χ1v) is 8.65. The Hall–Kier alpha value is -2.07. The first kappa shape index (κ1) is 18.3. The van der Waals surface area contributed by atoms with E-state index in [0.717, 1.165) is 21.3 Å². The second-order valence-corrected chi connectivity index (χ2v) is 6.27. The number of aryl methyl sites for hydroxylation is 2. The molecule has 0 radical (unpaired) electrons. The molecular weight excluding hydrogens is 366 g/mol. The van der Waals surface area contributed by atoms with Gasteiger partial charge in [0.15, 0.2) is 11.5 Å². The van der Waals surface area contributed by atoms with Crippen molar-refractivity contribution >= 4 is 27.8 Å². The van der Waals surface area contributed by atoms with E-state index in [1.54, 1.807) is 6.08 Å². The van der Waals surface area contributed by atoms with Crippen LogP contribution in [0.5, 0.6) is 11.5 Å². The van der Waals surface area contributed by atoms with Crippen LogP contribution in [-0.2, 0) is 0 Å². The topological polar surface area (TPSA) is 30.8 Å². The minimum absolute atomic E-state index is 0.425. The maximum atomic E-state index is 5.70. The molecule has 0 bridgehead atoms. The van der Waals surface area contributed by atoms with E-state index in [-0.39, 0.29) is 0 Å². The smallest absolute Gasteiger partial charge is 0.175 e. The molecule has 4 heteroatoms. The summed E-state index contributed by atoms with van der Waals surface area (Å²) in [6.45, 7) is 10.7. The van der Waals surface area contributed by atoms with Crippen molar-refractivity contribution in [3.8, 4) is 11.5 Å². The molecule has 0 aliphatic heterocycles. The average Bonchev–Trinajstić information content (AvgIpc) is 2.53. The van der Waals surface area contributed by atoms with Gasteiger partial charge >= 0.3 is 0 Å². The van der Waals surface area contributed by atoms with Crippen LogP contribution in [0.4, 0.5) is 5.69 Å². The second-order valence-electron chi connectivity index (χ2n) is 5.41. The van der Waals surface area contributed by atoms with E-state index in [4.69, 9.17) is 9.47 Å². The van der Waals surface area contributed by atoms with E-state index in [1.807, 2.05) is 31.3 Å². The van der Waals surface area contributed by atoms with Gasteiger partial charge in [0.05, 0.1) is 16.8 Å².